The molecule has 0 spiro atoms. The van der Waals surface area contributed by atoms with Gasteiger partial charge in [-0.15, -0.1) is 0 Å². The van der Waals surface area contributed by atoms with Gasteiger partial charge in [0.2, 0.25) is 0 Å². The van der Waals surface area contributed by atoms with E-state index in [1.165, 1.54) is 22.1 Å². The van der Waals surface area contributed by atoms with Crippen LogP contribution >= 0.6 is 0 Å². The fraction of sp³-hybridized carbons (Fsp3) is 0.250. The highest BCUT2D eigenvalue weighted by Gasteiger charge is 2.05. The molecule has 1 heterocycles. The van der Waals surface area contributed by atoms with Crippen LogP contribution in [0, 0.1) is 13.8 Å². The average Bonchev–Trinajstić information content (AvgIpc) is 2.56. The minimum atomic E-state index is 0.746. The molecule has 3 aromatic rings. The smallest absolute Gasteiger partial charge is 0.138 e. The van der Waals surface area contributed by atoms with Crippen LogP contribution in [-0.2, 0) is 11.2 Å². The van der Waals surface area contributed by atoms with Gasteiger partial charge in [0, 0.05) is 24.4 Å². The summed E-state index contributed by atoms with van der Waals surface area (Å²) in [5.74, 6) is 0.898. The van der Waals surface area contributed by atoms with Gasteiger partial charge in [-0.2, -0.15) is 0 Å². The van der Waals surface area contributed by atoms with Crippen molar-refractivity contribution in [2.45, 2.75) is 20.3 Å². The zero-order valence-corrected chi connectivity index (χ0v) is 13.9. The summed E-state index contributed by atoms with van der Waals surface area (Å²) in [6, 6.07) is 14.9. The number of ether oxygens (including phenoxy) is 1. The number of aromatic nitrogens is 1. The molecule has 0 saturated carbocycles. The lowest BCUT2D eigenvalue weighted by atomic mass is 10.0. The third-order valence-corrected chi connectivity index (χ3v) is 4.19. The highest BCUT2D eigenvalue weighted by molar-refractivity contribution is 5.94. The van der Waals surface area contributed by atoms with Gasteiger partial charge in [0.15, 0.2) is 0 Å². The van der Waals surface area contributed by atoms with E-state index in [1.807, 2.05) is 6.20 Å². The maximum Gasteiger partial charge on any atom is 0.138 e. The Labute approximate surface area is 137 Å². The van der Waals surface area contributed by atoms with Gasteiger partial charge < -0.3 is 10.1 Å². The van der Waals surface area contributed by atoms with Crippen molar-refractivity contribution in [2.24, 2.45) is 0 Å². The normalized spacial score (nSPS) is 10.9. The molecule has 118 valence electrons. The molecule has 0 saturated heterocycles. The van der Waals surface area contributed by atoms with Gasteiger partial charge in [0.05, 0.1) is 6.61 Å². The van der Waals surface area contributed by atoms with Gasteiger partial charge >= 0.3 is 0 Å². The molecule has 0 unspecified atom stereocenters. The number of fused-ring (bicyclic) bond motifs is 1. The number of rotatable bonds is 5. The Bertz CT molecular complexity index is 810. The molecule has 0 bridgehead atoms. The Morgan fingerprint density at radius 2 is 1.74 bits per heavy atom. The Morgan fingerprint density at radius 1 is 1.00 bits per heavy atom. The minimum absolute atomic E-state index is 0.746. The zero-order valence-electron chi connectivity index (χ0n) is 13.9. The fourth-order valence-electron chi connectivity index (χ4n) is 2.65. The predicted molar refractivity (Wildman–Crippen MR) is 96.5 cm³/mol. The Balaban J connectivity index is 1.88. The van der Waals surface area contributed by atoms with Gasteiger partial charge in [-0.25, -0.2) is 4.98 Å². The average molecular weight is 306 g/mol. The Morgan fingerprint density at radius 3 is 2.48 bits per heavy atom. The number of pyridine rings is 1. The molecule has 23 heavy (non-hydrogen) atoms. The van der Waals surface area contributed by atoms with Crippen molar-refractivity contribution in [1.82, 2.24) is 4.98 Å². The van der Waals surface area contributed by atoms with Crippen LogP contribution < -0.4 is 5.32 Å². The second kappa shape index (κ2) is 6.80. The summed E-state index contributed by atoms with van der Waals surface area (Å²) in [6.45, 7) is 5.02. The lowest BCUT2D eigenvalue weighted by molar-refractivity contribution is 0.202. The first-order chi connectivity index (χ1) is 11.2. The fourth-order valence-corrected chi connectivity index (χ4v) is 2.65. The maximum atomic E-state index is 5.12. The maximum absolute atomic E-state index is 5.12. The van der Waals surface area contributed by atoms with E-state index in [0.29, 0.717) is 0 Å². The van der Waals surface area contributed by atoms with E-state index in [9.17, 15) is 0 Å². The molecule has 3 nitrogen and oxygen atoms in total. The van der Waals surface area contributed by atoms with E-state index >= 15 is 0 Å². The molecule has 0 aliphatic rings. The van der Waals surface area contributed by atoms with Crippen LogP contribution in [-0.4, -0.2) is 18.7 Å². The van der Waals surface area contributed by atoms with Crippen molar-refractivity contribution in [3.05, 3.63) is 65.4 Å². The molecule has 0 aliphatic carbocycles. The lowest BCUT2D eigenvalue weighted by Crippen LogP contribution is -1.97. The Hall–Kier alpha value is -2.39. The number of nitrogens with zero attached hydrogens (tertiary/aromatic N) is 1. The van der Waals surface area contributed by atoms with E-state index in [2.05, 4.69) is 66.6 Å². The highest BCUT2D eigenvalue weighted by Crippen LogP contribution is 2.27. The molecule has 0 atom stereocenters. The van der Waals surface area contributed by atoms with Gasteiger partial charge in [0.25, 0.3) is 0 Å². The van der Waals surface area contributed by atoms with Gasteiger partial charge in [-0.3, -0.25) is 0 Å². The third kappa shape index (κ3) is 3.51. The molecule has 3 rings (SSSR count). The molecule has 0 fully saturated rings. The van der Waals surface area contributed by atoms with Crippen molar-refractivity contribution >= 4 is 22.3 Å². The topological polar surface area (TPSA) is 34.1 Å². The minimum Gasteiger partial charge on any atom is -0.384 e. The van der Waals surface area contributed by atoms with Crippen LogP contribution in [0.4, 0.5) is 11.5 Å². The second-order valence-corrected chi connectivity index (χ2v) is 5.88. The molecular weight excluding hydrogens is 284 g/mol. The molecule has 1 aromatic heterocycles. The molecule has 3 heteroatoms. The molecule has 2 aromatic carbocycles. The van der Waals surface area contributed by atoms with Crippen molar-refractivity contribution in [1.29, 1.82) is 0 Å². The highest BCUT2D eigenvalue weighted by atomic mass is 16.5. The van der Waals surface area contributed by atoms with E-state index in [0.717, 1.165) is 29.9 Å². The first-order valence-electron chi connectivity index (χ1n) is 7.88. The monoisotopic (exact) mass is 306 g/mol. The summed E-state index contributed by atoms with van der Waals surface area (Å²) >= 11 is 0. The first-order valence-corrected chi connectivity index (χ1v) is 7.88. The summed E-state index contributed by atoms with van der Waals surface area (Å²) in [5, 5.41) is 5.80. The van der Waals surface area contributed by atoms with E-state index in [-0.39, 0.29) is 0 Å². The van der Waals surface area contributed by atoms with E-state index in [1.54, 1.807) is 7.11 Å². The SMILES string of the molecule is COCCc1ccc(Nc2nccc3cc(C)c(C)cc23)cc1. The third-order valence-electron chi connectivity index (χ3n) is 4.19. The lowest BCUT2D eigenvalue weighted by Gasteiger charge is -2.11. The standard InChI is InChI=1S/C20H22N2O/c1-14-12-17-8-10-21-20(19(17)13-15(14)2)22-18-6-4-16(5-7-18)9-11-23-3/h4-8,10,12-13H,9,11H2,1-3H3,(H,21,22). The summed E-state index contributed by atoms with van der Waals surface area (Å²) in [7, 11) is 1.73. The van der Waals surface area contributed by atoms with Gasteiger partial charge in [-0.1, -0.05) is 18.2 Å². The van der Waals surface area contributed by atoms with Crippen LogP contribution in [0.3, 0.4) is 0 Å². The molecular formula is C20H22N2O. The number of methoxy groups -OCH3 is 1. The molecule has 0 amide bonds. The molecule has 0 radical (unpaired) electrons. The van der Waals surface area contributed by atoms with E-state index in [4.69, 9.17) is 4.74 Å². The van der Waals surface area contributed by atoms with Gasteiger partial charge in [0.1, 0.15) is 5.82 Å². The number of nitrogens with one attached hydrogen (secondary N) is 1. The summed E-state index contributed by atoms with van der Waals surface area (Å²) < 4.78 is 5.12. The summed E-state index contributed by atoms with van der Waals surface area (Å²) in [4.78, 5) is 4.51. The zero-order chi connectivity index (χ0) is 16.2. The van der Waals surface area contributed by atoms with Crippen molar-refractivity contribution in [3.63, 3.8) is 0 Å². The number of benzene rings is 2. The first kappa shape index (κ1) is 15.5. The van der Waals surface area contributed by atoms with E-state index < -0.39 is 0 Å². The number of hydrogen-bond donors (Lipinski definition) is 1. The van der Waals surface area contributed by atoms with Crippen LogP contribution in [0.5, 0.6) is 0 Å². The molecule has 1 N–H and O–H groups in total. The van der Waals surface area contributed by atoms with Crippen LogP contribution in [0.25, 0.3) is 10.8 Å². The number of hydrogen-bond acceptors (Lipinski definition) is 3. The summed E-state index contributed by atoms with van der Waals surface area (Å²) in [5.41, 5.74) is 4.90. The van der Waals surface area contributed by atoms with Gasteiger partial charge in [-0.05, 0) is 66.6 Å². The van der Waals surface area contributed by atoms with Crippen LogP contribution in [0.1, 0.15) is 16.7 Å². The van der Waals surface area contributed by atoms with Crippen molar-refractivity contribution in [2.75, 3.05) is 19.0 Å². The van der Waals surface area contributed by atoms with Crippen LogP contribution in [0.15, 0.2) is 48.7 Å². The molecule has 0 aliphatic heterocycles. The number of anilines is 2. The largest absolute Gasteiger partial charge is 0.384 e. The number of aryl methyl sites for hydroxylation is 2. The van der Waals surface area contributed by atoms with Crippen LogP contribution in [0.2, 0.25) is 0 Å². The van der Waals surface area contributed by atoms with Crippen molar-refractivity contribution in [3.8, 4) is 0 Å². The quantitative estimate of drug-likeness (QED) is 0.736. The predicted octanol–water partition coefficient (Wildman–Crippen LogP) is 4.78. The van der Waals surface area contributed by atoms with Crippen molar-refractivity contribution < 1.29 is 4.74 Å². The Kier molecular flexibility index (Phi) is 4.58. The second-order valence-electron chi connectivity index (χ2n) is 5.88. The summed E-state index contributed by atoms with van der Waals surface area (Å²) in [6.07, 6.45) is 2.79.